The van der Waals surface area contributed by atoms with Crippen LogP contribution >= 0.6 is 11.6 Å². The average molecular weight is 264 g/mol. The van der Waals surface area contributed by atoms with E-state index in [1.54, 1.807) is 18.5 Å². The smallest absolute Gasteiger partial charge is 0.159 e. The van der Waals surface area contributed by atoms with Crippen molar-refractivity contribution >= 4 is 17.3 Å². The van der Waals surface area contributed by atoms with E-state index in [-0.39, 0.29) is 6.10 Å². The molecule has 0 fully saturated rings. The zero-order chi connectivity index (χ0) is 13.1. The quantitative estimate of drug-likeness (QED) is 0.924. The van der Waals surface area contributed by atoms with Crippen LogP contribution in [-0.4, -0.2) is 16.1 Å². The molecule has 0 atom stereocenters. The minimum absolute atomic E-state index is 0.0844. The second-order valence-corrected chi connectivity index (χ2v) is 4.56. The molecule has 0 aliphatic heterocycles. The summed E-state index contributed by atoms with van der Waals surface area (Å²) in [6.07, 6.45) is 3.21. The van der Waals surface area contributed by atoms with E-state index in [2.05, 4.69) is 9.97 Å². The first kappa shape index (κ1) is 12.6. The van der Waals surface area contributed by atoms with E-state index < -0.39 is 0 Å². The molecule has 0 spiro atoms. The van der Waals surface area contributed by atoms with E-state index in [1.165, 1.54) is 0 Å². The Labute approximate surface area is 111 Å². The Morgan fingerprint density at radius 3 is 2.44 bits per heavy atom. The van der Waals surface area contributed by atoms with Crippen LogP contribution in [0.4, 0.5) is 5.69 Å². The van der Waals surface area contributed by atoms with Crippen molar-refractivity contribution in [2.75, 3.05) is 5.73 Å². The number of nitrogen functional groups attached to an aromatic ring is 1. The van der Waals surface area contributed by atoms with Gasteiger partial charge in [0.1, 0.15) is 5.75 Å². The van der Waals surface area contributed by atoms with Crippen LogP contribution in [0, 0.1) is 0 Å². The van der Waals surface area contributed by atoms with Crippen molar-refractivity contribution in [3.63, 3.8) is 0 Å². The molecule has 0 radical (unpaired) electrons. The molecule has 0 aliphatic carbocycles. The fraction of sp³-hybridized carbons (Fsp3) is 0.231. The average Bonchev–Trinajstić information content (AvgIpc) is 2.32. The van der Waals surface area contributed by atoms with Gasteiger partial charge in [0.25, 0.3) is 0 Å². The maximum atomic E-state index is 6.15. The molecule has 0 bridgehead atoms. The molecule has 5 heteroatoms. The van der Waals surface area contributed by atoms with E-state index in [4.69, 9.17) is 22.1 Å². The molecule has 1 aromatic heterocycles. The standard InChI is InChI=1S/C13H14ClN3O/c1-8(2)18-12-4-3-9(5-11(12)14)13-16-6-10(15)7-17-13/h3-8H,15H2,1-2H3. The van der Waals surface area contributed by atoms with Gasteiger partial charge in [-0.15, -0.1) is 0 Å². The fourth-order valence-corrected chi connectivity index (χ4v) is 1.70. The highest BCUT2D eigenvalue weighted by molar-refractivity contribution is 6.32. The predicted octanol–water partition coefficient (Wildman–Crippen LogP) is 3.17. The summed E-state index contributed by atoms with van der Waals surface area (Å²) in [7, 11) is 0. The van der Waals surface area contributed by atoms with Gasteiger partial charge in [-0.2, -0.15) is 0 Å². The summed E-state index contributed by atoms with van der Waals surface area (Å²) in [4.78, 5) is 8.29. The second-order valence-electron chi connectivity index (χ2n) is 4.15. The molecular weight excluding hydrogens is 250 g/mol. The third-order valence-electron chi connectivity index (χ3n) is 2.22. The highest BCUT2D eigenvalue weighted by Gasteiger charge is 2.07. The molecular formula is C13H14ClN3O. The Kier molecular flexibility index (Phi) is 3.67. The highest BCUT2D eigenvalue weighted by Crippen LogP contribution is 2.29. The summed E-state index contributed by atoms with van der Waals surface area (Å²) >= 11 is 6.15. The van der Waals surface area contributed by atoms with Crippen LogP contribution in [0.3, 0.4) is 0 Å². The molecule has 2 aromatic rings. The molecule has 2 N–H and O–H groups in total. The van der Waals surface area contributed by atoms with Gasteiger partial charge in [-0.3, -0.25) is 0 Å². The van der Waals surface area contributed by atoms with E-state index in [0.717, 1.165) is 5.56 Å². The summed E-state index contributed by atoms with van der Waals surface area (Å²) in [5.41, 5.74) is 6.90. The lowest BCUT2D eigenvalue weighted by Gasteiger charge is -2.11. The number of ether oxygens (including phenoxy) is 1. The van der Waals surface area contributed by atoms with Gasteiger partial charge in [0, 0.05) is 5.56 Å². The number of aromatic nitrogens is 2. The number of nitrogens with zero attached hydrogens (tertiary/aromatic N) is 2. The molecule has 0 amide bonds. The van der Waals surface area contributed by atoms with Crippen molar-refractivity contribution < 1.29 is 4.74 Å². The van der Waals surface area contributed by atoms with Gasteiger partial charge in [-0.25, -0.2) is 9.97 Å². The van der Waals surface area contributed by atoms with Gasteiger partial charge in [0.15, 0.2) is 5.82 Å². The Morgan fingerprint density at radius 2 is 1.89 bits per heavy atom. The second kappa shape index (κ2) is 5.23. The van der Waals surface area contributed by atoms with E-state index in [9.17, 15) is 0 Å². The minimum atomic E-state index is 0.0844. The Hall–Kier alpha value is -1.81. The highest BCUT2D eigenvalue weighted by atomic mass is 35.5. The molecule has 94 valence electrons. The van der Waals surface area contributed by atoms with Gasteiger partial charge in [-0.1, -0.05) is 11.6 Å². The molecule has 4 nitrogen and oxygen atoms in total. The van der Waals surface area contributed by atoms with Crippen molar-refractivity contribution in [1.29, 1.82) is 0 Å². The van der Waals surface area contributed by atoms with Crippen molar-refractivity contribution in [2.24, 2.45) is 0 Å². The summed E-state index contributed by atoms with van der Waals surface area (Å²) in [6.45, 7) is 3.90. The monoisotopic (exact) mass is 263 g/mol. The minimum Gasteiger partial charge on any atom is -0.489 e. The summed E-state index contributed by atoms with van der Waals surface area (Å²) in [5, 5.41) is 0.543. The van der Waals surface area contributed by atoms with Gasteiger partial charge >= 0.3 is 0 Å². The van der Waals surface area contributed by atoms with Gasteiger partial charge in [0.05, 0.1) is 29.2 Å². The van der Waals surface area contributed by atoms with Crippen LogP contribution in [0.25, 0.3) is 11.4 Å². The molecule has 18 heavy (non-hydrogen) atoms. The molecule has 0 saturated carbocycles. The third kappa shape index (κ3) is 2.90. The Bertz CT molecular complexity index is 540. The summed E-state index contributed by atoms with van der Waals surface area (Å²) in [6, 6.07) is 5.47. The normalized spacial score (nSPS) is 10.7. The molecule has 1 aromatic carbocycles. The SMILES string of the molecule is CC(C)Oc1ccc(-c2ncc(N)cn2)cc1Cl. The lowest BCUT2D eigenvalue weighted by Crippen LogP contribution is -2.05. The van der Waals surface area contributed by atoms with Crippen molar-refractivity contribution in [2.45, 2.75) is 20.0 Å². The molecule has 0 unspecified atom stereocenters. The van der Waals surface area contributed by atoms with Crippen molar-refractivity contribution in [1.82, 2.24) is 9.97 Å². The Balaban J connectivity index is 2.31. The number of anilines is 1. The lowest BCUT2D eigenvalue weighted by molar-refractivity contribution is 0.242. The van der Waals surface area contributed by atoms with Gasteiger partial charge in [-0.05, 0) is 32.0 Å². The number of hydrogen-bond donors (Lipinski definition) is 1. The maximum Gasteiger partial charge on any atom is 0.159 e. The summed E-state index contributed by atoms with van der Waals surface area (Å²) < 4.78 is 5.56. The van der Waals surface area contributed by atoms with Crippen LogP contribution in [0.15, 0.2) is 30.6 Å². The lowest BCUT2D eigenvalue weighted by atomic mass is 10.2. The zero-order valence-corrected chi connectivity index (χ0v) is 11.0. The van der Waals surface area contributed by atoms with Crippen LogP contribution in [0.2, 0.25) is 5.02 Å². The van der Waals surface area contributed by atoms with Crippen molar-refractivity contribution in [3.8, 4) is 17.1 Å². The Morgan fingerprint density at radius 1 is 1.22 bits per heavy atom. The number of nitrogens with two attached hydrogens (primary N) is 1. The van der Waals surface area contributed by atoms with E-state index in [1.807, 2.05) is 26.0 Å². The largest absolute Gasteiger partial charge is 0.489 e. The number of hydrogen-bond acceptors (Lipinski definition) is 4. The van der Waals surface area contributed by atoms with Crippen LogP contribution < -0.4 is 10.5 Å². The van der Waals surface area contributed by atoms with E-state index in [0.29, 0.717) is 22.3 Å². The topological polar surface area (TPSA) is 61.0 Å². The zero-order valence-electron chi connectivity index (χ0n) is 10.2. The fourth-order valence-electron chi connectivity index (χ4n) is 1.48. The first-order valence-electron chi connectivity index (χ1n) is 5.60. The molecule has 1 heterocycles. The van der Waals surface area contributed by atoms with Gasteiger partial charge < -0.3 is 10.5 Å². The van der Waals surface area contributed by atoms with Gasteiger partial charge in [0.2, 0.25) is 0 Å². The van der Waals surface area contributed by atoms with E-state index >= 15 is 0 Å². The molecule has 0 aliphatic rings. The van der Waals surface area contributed by atoms with Crippen LogP contribution in [-0.2, 0) is 0 Å². The maximum absolute atomic E-state index is 6.15. The van der Waals surface area contributed by atoms with Crippen molar-refractivity contribution in [3.05, 3.63) is 35.6 Å². The number of rotatable bonds is 3. The first-order chi connectivity index (χ1) is 8.56. The predicted molar refractivity (Wildman–Crippen MR) is 72.7 cm³/mol. The number of halogens is 1. The van der Waals surface area contributed by atoms with Crippen LogP contribution in [0.5, 0.6) is 5.75 Å². The summed E-state index contributed by atoms with van der Waals surface area (Å²) in [5.74, 6) is 1.24. The number of benzene rings is 1. The molecule has 0 saturated heterocycles. The third-order valence-corrected chi connectivity index (χ3v) is 2.52. The van der Waals surface area contributed by atoms with Crippen LogP contribution in [0.1, 0.15) is 13.8 Å². The molecule has 2 rings (SSSR count). The first-order valence-corrected chi connectivity index (χ1v) is 5.98.